The Balaban J connectivity index is 1.82. The van der Waals surface area contributed by atoms with Gasteiger partial charge >= 0.3 is 0 Å². The highest BCUT2D eigenvalue weighted by Crippen LogP contribution is 2.26. The van der Waals surface area contributed by atoms with Gasteiger partial charge in [0, 0.05) is 42.7 Å². The minimum Gasteiger partial charge on any atom is -0.306 e. The van der Waals surface area contributed by atoms with Crippen molar-refractivity contribution >= 4 is 10.0 Å². The first-order valence-electron chi connectivity index (χ1n) is 8.13. The molecule has 3 aromatic rings. The van der Waals surface area contributed by atoms with Gasteiger partial charge in [-0.2, -0.15) is 0 Å². The van der Waals surface area contributed by atoms with Gasteiger partial charge in [-0.1, -0.05) is 0 Å². The molecule has 2 heterocycles. The second-order valence-corrected chi connectivity index (χ2v) is 7.58. The quantitative estimate of drug-likeness (QED) is 0.343. The van der Waals surface area contributed by atoms with Crippen molar-refractivity contribution in [3.8, 4) is 11.4 Å². The maximum absolute atomic E-state index is 13.7. The first kappa shape index (κ1) is 21.5. The van der Waals surface area contributed by atoms with Crippen LogP contribution >= 0.6 is 0 Å². The summed E-state index contributed by atoms with van der Waals surface area (Å²) in [4.78, 5) is 20.3. The van der Waals surface area contributed by atoms with Gasteiger partial charge in [-0.25, -0.2) is 40.1 Å². The fourth-order valence-corrected chi connectivity index (χ4v) is 3.65. The molecule has 0 unspecified atom stereocenters. The summed E-state index contributed by atoms with van der Waals surface area (Å²) in [5.74, 6) is -12.1. The molecule has 0 saturated heterocycles. The normalized spacial score (nSPS) is 11.6. The van der Waals surface area contributed by atoms with Gasteiger partial charge in [-0.05, 0) is 12.1 Å². The van der Waals surface area contributed by atoms with Crippen LogP contribution in [0.2, 0.25) is 0 Å². The van der Waals surface area contributed by atoms with E-state index in [9.17, 15) is 35.2 Å². The SMILES string of the molecule is O=c1cc(CCNS(=O)(=O)c2c(F)c(F)c(F)c(F)c2F)nc(-c2cccnc2)[nH]1. The van der Waals surface area contributed by atoms with Crippen LogP contribution in [0, 0.1) is 29.1 Å². The maximum atomic E-state index is 13.7. The van der Waals surface area contributed by atoms with E-state index in [0.717, 1.165) is 6.07 Å². The molecule has 0 saturated carbocycles. The van der Waals surface area contributed by atoms with Crippen LogP contribution in [0.15, 0.2) is 40.3 Å². The van der Waals surface area contributed by atoms with Crippen molar-refractivity contribution in [2.24, 2.45) is 0 Å². The molecular formula is C17H11F5N4O3S. The average Bonchev–Trinajstić information content (AvgIpc) is 2.71. The van der Waals surface area contributed by atoms with E-state index in [0.29, 0.717) is 5.56 Å². The van der Waals surface area contributed by atoms with Crippen LogP contribution in [0.5, 0.6) is 0 Å². The zero-order valence-electron chi connectivity index (χ0n) is 14.7. The number of sulfonamides is 1. The van der Waals surface area contributed by atoms with E-state index in [1.54, 1.807) is 16.9 Å². The Kier molecular flexibility index (Phi) is 5.94. The molecule has 0 aliphatic heterocycles. The molecule has 13 heteroatoms. The van der Waals surface area contributed by atoms with Crippen molar-refractivity contribution in [2.75, 3.05) is 6.54 Å². The Morgan fingerprint density at radius 1 is 1.00 bits per heavy atom. The number of aromatic amines is 1. The molecular weight excluding hydrogens is 435 g/mol. The van der Waals surface area contributed by atoms with E-state index < -0.39 is 56.1 Å². The largest absolute Gasteiger partial charge is 0.306 e. The minimum atomic E-state index is -5.10. The summed E-state index contributed by atoms with van der Waals surface area (Å²) < 4.78 is 93.0. The number of benzene rings is 1. The van der Waals surface area contributed by atoms with Gasteiger partial charge in [-0.15, -0.1) is 0 Å². The molecule has 0 spiro atoms. The molecule has 0 aliphatic carbocycles. The molecule has 0 bridgehead atoms. The number of hydrogen-bond acceptors (Lipinski definition) is 5. The molecule has 0 aliphatic rings. The molecule has 0 amide bonds. The highest BCUT2D eigenvalue weighted by molar-refractivity contribution is 7.89. The minimum absolute atomic E-state index is 0.109. The Hall–Kier alpha value is -3.19. The van der Waals surface area contributed by atoms with Gasteiger partial charge in [0.1, 0.15) is 5.82 Å². The third-order valence-electron chi connectivity index (χ3n) is 3.84. The summed E-state index contributed by atoms with van der Waals surface area (Å²) >= 11 is 0. The van der Waals surface area contributed by atoms with Crippen LogP contribution in [-0.2, 0) is 16.4 Å². The second kappa shape index (κ2) is 8.28. The summed E-state index contributed by atoms with van der Waals surface area (Å²) in [6, 6.07) is 4.27. The number of pyridine rings is 1. The van der Waals surface area contributed by atoms with E-state index >= 15 is 0 Å². The van der Waals surface area contributed by atoms with Crippen LogP contribution in [0.3, 0.4) is 0 Å². The first-order chi connectivity index (χ1) is 14.1. The number of aromatic nitrogens is 3. The average molecular weight is 446 g/mol. The molecule has 3 rings (SSSR count). The molecule has 0 radical (unpaired) electrons. The standard InChI is InChI=1S/C17H11F5N4O3S/c18-11-12(19)14(21)16(15(22)13(11)20)30(28,29)24-5-3-9-6-10(27)26-17(25-9)8-2-1-4-23-7-8/h1-2,4,6-7,24H,3,5H2,(H,25,26,27). The van der Waals surface area contributed by atoms with Gasteiger partial charge in [0.15, 0.2) is 28.2 Å². The van der Waals surface area contributed by atoms with E-state index in [4.69, 9.17) is 0 Å². The summed E-state index contributed by atoms with van der Waals surface area (Å²) in [5.41, 5.74) is 0.0256. The van der Waals surface area contributed by atoms with Crippen LogP contribution < -0.4 is 10.3 Å². The number of hydrogen-bond donors (Lipinski definition) is 2. The fourth-order valence-electron chi connectivity index (χ4n) is 2.48. The summed E-state index contributed by atoms with van der Waals surface area (Å²) in [5, 5.41) is 0. The summed E-state index contributed by atoms with van der Waals surface area (Å²) in [6.45, 7) is -0.537. The van der Waals surface area contributed by atoms with Crippen molar-refractivity contribution < 1.29 is 30.4 Å². The third-order valence-corrected chi connectivity index (χ3v) is 5.32. The van der Waals surface area contributed by atoms with Crippen molar-refractivity contribution in [1.82, 2.24) is 19.7 Å². The lowest BCUT2D eigenvalue weighted by atomic mass is 10.2. The Bertz CT molecular complexity index is 1240. The fraction of sp³-hybridized carbons (Fsp3) is 0.118. The zero-order chi connectivity index (χ0) is 22.1. The Morgan fingerprint density at radius 3 is 2.23 bits per heavy atom. The van der Waals surface area contributed by atoms with Crippen LogP contribution in [0.4, 0.5) is 22.0 Å². The predicted molar refractivity (Wildman–Crippen MR) is 93.2 cm³/mol. The van der Waals surface area contributed by atoms with Crippen molar-refractivity contribution in [3.05, 3.63) is 75.7 Å². The van der Waals surface area contributed by atoms with Crippen molar-refractivity contribution in [2.45, 2.75) is 11.3 Å². The zero-order valence-corrected chi connectivity index (χ0v) is 15.5. The molecule has 1 aromatic carbocycles. The maximum Gasteiger partial charge on any atom is 0.251 e. The molecule has 158 valence electrons. The van der Waals surface area contributed by atoms with Crippen LogP contribution in [0.1, 0.15) is 5.69 Å². The van der Waals surface area contributed by atoms with Gasteiger partial charge < -0.3 is 4.98 Å². The molecule has 30 heavy (non-hydrogen) atoms. The lowest BCUT2D eigenvalue weighted by Gasteiger charge is -2.10. The molecule has 0 fully saturated rings. The van der Waals surface area contributed by atoms with E-state index in [1.807, 2.05) is 0 Å². The number of nitrogens with one attached hydrogen (secondary N) is 2. The van der Waals surface area contributed by atoms with Crippen molar-refractivity contribution in [3.63, 3.8) is 0 Å². The molecule has 0 atom stereocenters. The smallest absolute Gasteiger partial charge is 0.251 e. The Labute approximate surface area is 165 Å². The number of halogens is 5. The van der Waals surface area contributed by atoms with E-state index in [1.165, 1.54) is 12.4 Å². The summed E-state index contributed by atoms with van der Waals surface area (Å²) in [6.07, 6.45) is 2.71. The number of rotatable bonds is 6. The van der Waals surface area contributed by atoms with Gasteiger partial charge in [0.25, 0.3) is 5.56 Å². The lowest BCUT2D eigenvalue weighted by molar-refractivity contribution is 0.357. The topological polar surface area (TPSA) is 105 Å². The van der Waals surface area contributed by atoms with Crippen LogP contribution in [0.25, 0.3) is 11.4 Å². The monoisotopic (exact) mass is 446 g/mol. The Morgan fingerprint density at radius 2 is 1.63 bits per heavy atom. The highest BCUT2D eigenvalue weighted by atomic mass is 32.2. The second-order valence-electron chi connectivity index (χ2n) is 5.87. The van der Waals surface area contributed by atoms with Crippen LogP contribution in [-0.4, -0.2) is 29.9 Å². The van der Waals surface area contributed by atoms with Gasteiger partial charge in [-0.3, -0.25) is 9.78 Å². The van der Waals surface area contributed by atoms with Crippen molar-refractivity contribution in [1.29, 1.82) is 0 Å². The lowest BCUT2D eigenvalue weighted by Crippen LogP contribution is -2.29. The van der Waals surface area contributed by atoms with Gasteiger partial charge in [0.05, 0.1) is 0 Å². The van der Waals surface area contributed by atoms with E-state index in [-0.39, 0.29) is 17.9 Å². The third kappa shape index (κ3) is 4.21. The van der Waals surface area contributed by atoms with Gasteiger partial charge in [0.2, 0.25) is 15.8 Å². The van der Waals surface area contributed by atoms with E-state index in [2.05, 4.69) is 15.0 Å². The highest BCUT2D eigenvalue weighted by Gasteiger charge is 2.33. The molecule has 2 N–H and O–H groups in total. The summed E-state index contributed by atoms with van der Waals surface area (Å²) in [7, 11) is -5.10. The number of H-pyrrole nitrogens is 1. The predicted octanol–water partition coefficient (Wildman–Crippen LogP) is 2.05. The molecule has 2 aromatic heterocycles. The number of nitrogens with zero attached hydrogens (tertiary/aromatic N) is 2. The molecule has 7 nitrogen and oxygen atoms in total. The first-order valence-corrected chi connectivity index (χ1v) is 9.62.